The molecule has 10 aromatic rings. The van der Waals surface area contributed by atoms with E-state index in [2.05, 4.69) is 168 Å². The molecular formula is C47H33N2P2S2+. The first-order valence-corrected chi connectivity index (χ1v) is 22.7. The molecule has 0 bridgehead atoms. The van der Waals surface area contributed by atoms with E-state index in [-0.39, 0.29) is 0 Å². The predicted molar refractivity (Wildman–Crippen MR) is 238 cm³/mol. The predicted octanol–water partition coefficient (Wildman–Crippen LogP) is 10.3. The van der Waals surface area contributed by atoms with E-state index >= 15 is 0 Å². The molecular weight excluding hydrogens is 719 g/mol. The number of fused-ring (bicyclic) bond motifs is 10. The maximum Gasteiger partial charge on any atom is 0.250 e. The second-order valence-corrected chi connectivity index (χ2v) is 20.0. The van der Waals surface area contributed by atoms with Crippen molar-refractivity contribution >= 4 is 112 Å². The van der Waals surface area contributed by atoms with Gasteiger partial charge >= 0.3 is 0 Å². The highest BCUT2D eigenvalue weighted by atomic mass is 32.4. The van der Waals surface area contributed by atoms with Gasteiger partial charge in [-0.25, -0.2) is 4.98 Å². The molecule has 0 aliphatic rings. The largest absolute Gasteiger partial charge is 0.292 e. The summed E-state index contributed by atoms with van der Waals surface area (Å²) in [4.78, 5) is 5.20. The molecule has 0 saturated carbocycles. The van der Waals surface area contributed by atoms with Gasteiger partial charge in [-0.05, 0) is 74.5 Å². The van der Waals surface area contributed by atoms with Crippen LogP contribution in [0.5, 0.6) is 0 Å². The van der Waals surface area contributed by atoms with Crippen LogP contribution in [0.4, 0.5) is 0 Å². The average molecular weight is 752 g/mol. The van der Waals surface area contributed by atoms with E-state index in [9.17, 15) is 0 Å². The fourth-order valence-corrected chi connectivity index (χ4v) is 13.0. The lowest BCUT2D eigenvalue weighted by Crippen LogP contribution is -2.24. The second-order valence-electron chi connectivity index (χ2n) is 12.9. The standard InChI is InChI=1S/C35H23N2PS.C12H10PS/c39-38(25-12-3-1-4-13-25,26-14-5-2-6-15-26)27-20-22-29-30-21-19-24-11-7-8-16-28(24)34(30)35-36-31-17-9-10-18-32(31)37(35)33(29)23-27;14-13(11-7-3-1-4-8-11)12-9-5-2-6-10-12/h1-23H;1-10H/q;+1. The van der Waals surface area contributed by atoms with Gasteiger partial charge in [-0.2, -0.15) is 0 Å². The van der Waals surface area contributed by atoms with Crippen molar-refractivity contribution < 1.29 is 0 Å². The van der Waals surface area contributed by atoms with Crippen LogP contribution in [-0.4, -0.2) is 9.38 Å². The molecule has 0 amide bonds. The average Bonchev–Trinajstić information content (AvgIpc) is 3.64. The minimum Gasteiger partial charge on any atom is -0.292 e. The zero-order chi connectivity index (χ0) is 35.8. The zero-order valence-electron chi connectivity index (χ0n) is 28.7. The first-order chi connectivity index (χ1) is 26.1. The Bertz CT molecular complexity index is 2900. The molecule has 2 aromatic heterocycles. The summed E-state index contributed by atoms with van der Waals surface area (Å²) in [5, 5.41) is 12.1. The molecule has 0 fully saturated rings. The highest BCUT2D eigenvalue weighted by molar-refractivity contribution is 8.25. The SMILES string of the molecule is S=P(c1ccccc1)(c1ccccc1)c1ccc2c3ccc4ccccc4c3c3nc4ccccc4n3c2c1.S=[P+](c1ccccc1)c1ccccc1. The Morgan fingerprint density at radius 1 is 0.453 bits per heavy atom. The molecule has 8 aromatic carbocycles. The summed E-state index contributed by atoms with van der Waals surface area (Å²) < 4.78 is 2.35. The first kappa shape index (κ1) is 33.5. The lowest BCUT2D eigenvalue weighted by molar-refractivity contribution is 1.32. The Labute approximate surface area is 319 Å². The highest BCUT2D eigenvalue weighted by Gasteiger charge is 2.26. The van der Waals surface area contributed by atoms with Gasteiger partial charge in [0, 0.05) is 16.8 Å². The van der Waals surface area contributed by atoms with Crippen molar-refractivity contribution in [2.24, 2.45) is 0 Å². The number of hydrogen-bond donors (Lipinski definition) is 0. The van der Waals surface area contributed by atoms with E-state index in [4.69, 9.17) is 28.6 Å². The third-order valence-corrected chi connectivity index (χ3v) is 17.6. The minimum absolute atomic E-state index is 0.587. The van der Waals surface area contributed by atoms with Crippen molar-refractivity contribution in [1.82, 2.24) is 9.38 Å². The summed E-state index contributed by atoms with van der Waals surface area (Å²) in [6, 6.07) is 68.0. The van der Waals surface area contributed by atoms with Crippen LogP contribution in [0.25, 0.3) is 49.1 Å². The van der Waals surface area contributed by atoms with Crippen molar-refractivity contribution in [2.75, 3.05) is 0 Å². The molecule has 53 heavy (non-hydrogen) atoms. The molecule has 0 radical (unpaired) electrons. The summed E-state index contributed by atoms with van der Waals surface area (Å²) >= 11 is 12.2. The molecule has 0 saturated heterocycles. The molecule has 2 heterocycles. The lowest BCUT2D eigenvalue weighted by atomic mass is 9.99. The van der Waals surface area contributed by atoms with Gasteiger partial charge in [0.15, 0.2) is 22.4 Å². The van der Waals surface area contributed by atoms with Crippen molar-refractivity contribution in [1.29, 1.82) is 0 Å². The van der Waals surface area contributed by atoms with Gasteiger partial charge in [0.25, 0.3) is 0 Å². The molecule has 0 aliphatic heterocycles. The highest BCUT2D eigenvalue weighted by Crippen LogP contribution is 2.44. The topological polar surface area (TPSA) is 17.3 Å². The fourth-order valence-electron chi connectivity index (χ4n) is 7.30. The molecule has 0 unspecified atom stereocenters. The van der Waals surface area contributed by atoms with Gasteiger partial charge in [-0.3, -0.25) is 4.40 Å². The van der Waals surface area contributed by atoms with E-state index in [1.54, 1.807) is 0 Å². The zero-order valence-corrected chi connectivity index (χ0v) is 32.1. The van der Waals surface area contributed by atoms with Crippen LogP contribution in [0.15, 0.2) is 200 Å². The summed E-state index contributed by atoms with van der Waals surface area (Å²) in [6.07, 6.45) is 0. The maximum absolute atomic E-state index is 6.71. The van der Waals surface area contributed by atoms with Crippen LogP contribution in [0.1, 0.15) is 0 Å². The summed E-state index contributed by atoms with van der Waals surface area (Å²) in [7, 11) is 0. The molecule has 6 heteroatoms. The van der Waals surface area contributed by atoms with Crippen molar-refractivity contribution in [2.45, 2.75) is 0 Å². The monoisotopic (exact) mass is 751 g/mol. The van der Waals surface area contributed by atoms with E-state index in [1.165, 1.54) is 53.5 Å². The van der Waals surface area contributed by atoms with Gasteiger partial charge in [0.1, 0.15) is 5.65 Å². The van der Waals surface area contributed by atoms with Gasteiger partial charge < -0.3 is 0 Å². The third kappa shape index (κ3) is 5.99. The number of benzene rings is 8. The van der Waals surface area contributed by atoms with Gasteiger partial charge in [0.2, 0.25) is 6.70 Å². The number of rotatable bonds is 5. The van der Waals surface area contributed by atoms with Gasteiger partial charge in [-0.15, -0.1) is 0 Å². The first-order valence-electron chi connectivity index (χ1n) is 17.5. The van der Waals surface area contributed by atoms with Crippen LogP contribution in [0.2, 0.25) is 0 Å². The number of para-hydroxylation sites is 2. The van der Waals surface area contributed by atoms with E-state index in [0.717, 1.165) is 22.2 Å². The van der Waals surface area contributed by atoms with E-state index in [1.807, 2.05) is 36.4 Å². The van der Waals surface area contributed by atoms with Crippen LogP contribution in [0, 0.1) is 0 Å². The van der Waals surface area contributed by atoms with Gasteiger partial charge in [0.05, 0.1) is 16.6 Å². The number of nitrogens with zero attached hydrogens (tertiary/aromatic N) is 2. The lowest BCUT2D eigenvalue weighted by Gasteiger charge is -2.25. The Morgan fingerprint density at radius 3 is 1.62 bits per heavy atom. The Kier molecular flexibility index (Phi) is 9.00. The molecule has 252 valence electrons. The maximum atomic E-state index is 6.71. The Balaban J connectivity index is 0.000000224. The minimum atomic E-state index is -2.30. The number of hydrogen-bond acceptors (Lipinski definition) is 3. The molecule has 2 nitrogen and oxygen atoms in total. The van der Waals surface area contributed by atoms with Crippen molar-refractivity contribution in [3.63, 3.8) is 0 Å². The summed E-state index contributed by atoms with van der Waals surface area (Å²) in [6.45, 7) is -0.587. The number of aromatic nitrogens is 2. The van der Waals surface area contributed by atoms with Crippen molar-refractivity contribution in [3.8, 4) is 0 Å². The van der Waals surface area contributed by atoms with Crippen LogP contribution in [0.3, 0.4) is 0 Å². The van der Waals surface area contributed by atoms with Crippen LogP contribution >= 0.6 is 12.7 Å². The molecule has 0 aliphatic carbocycles. The van der Waals surface area contributed by atoms with Crippen LogP contribution < -0.4 is 26.5 Å². The molecule has 0 spiro atoms. The smallest absolute Gasteiger partial charge is 0.250 e. The van der Waals surface area contributed by atoms with Gasteiger partial charge in [-0.1, -0.05) is 170 Å². The Morgan fingerprint density at radius 2 is 0.981 bits per heavy atom. The summed E-state index contributed by atoms with van der Waals surface area (Å²) in [5.41, 5.74) is 4.23. The molecule has 0 N–H and O–H groups in total. The second kappa shape index (κ2) is 14.2. The fraction of sp³-hybridized carbons (Fsp3) is 0. The Hall–Kier alpha value is -5.34. The number of imidazole rings is 1. The quantitative estimate of drug-likeness (QED) is 0.129. The third-order valence-electron chi connectivity index (χ3n) is 9.81. The summed E-state index contributed by atoms with van der Waals surface area (Å²) in [5.74, 6) is 0. The van der Waals surface area contributed by atoms with Crippen molar-refractivity contribution in [3.05, 3.63) is 200 Å². The van der Waals surface area contributed by atoms with E-state index in [0.29, 0.717) is 0 Å². The number of pyridine rings is 1. The molecule has 0 atom stereocenters. The van der Waals surface area contributed by atoms with Crippen LogP contribution in [-0.2, 0) is 23.6 Å². The van der Waals surface area contributed by atoms with E-state index < -0.39 is 12.7 Å². The normalized spacial score (nSPS) is 11.5. The molecule has 10 rings (SSSR count).